The number of allylic oxidation sites excluding steroid dienone is 1. The first kappa shape index (κ1) is 26.4. The van der Waals surface area contributed by atoms with E-state index in [1.165, 1.54) is 0 Å². The maximum atomic E-state index is 13.6. The third-order valence-electron chi connectivity index (χ3n) is 6.48. The highest BCUT2D eigenvalue weighted by molar-refractivity contribution is 5.91. The van der Waals surface area contributed by atoms with Gasteiger partial charge in [-0.15, -0.1) is 0 Å². The summed E-state index contributed by atoms with van der Waals surface area (Å²) in [4.78, 5) is 26.5. The van der Waals surface area contributed by atoms with Gasteiger partial charge in [-0.25, -0.2) is 4.68 Å². The summed E-state index contributed by atoms with van der Waals surface area (Å²) in [6.07, 6.45) is 1.34. The first-order valence-electron chi connectivity index (χ1n) is 12.2. The standard InChI is InChI=1S/C28H33N3O6/c1-19-26(28(34)31(30(19)2)23-7-5-4-6-8-23)22-15-24(27(33)29-13-14-35-3)37-25(16-22)36-18-21-11-9-20(17-32)10-12-21/h4-12,15,22,25,32H,13-14,16-18H2,1-3H3,(H,29,33)/t22-,25+/m0/s1. The zero-order valence-corrected chi connectivity index (χ0v) is 21.3. The Bertz CT molecular complexity index is 1290. The van der Waals surface area contributed by atoms with Crippen LogP contribution < -0.4 is 10.9 Å². The maximum Gasteiger partial charge on any atom is 0.286 e. The maximum absolute atomic E-state index is 13.6. The van der Waals surface area contributed by atoms with Gasteiger partial charge in [-0.3, -0.25) is 14.3 Å². The van der Waals surface area contributed by atoms with Gasteiger partial charge in [0, 0.05) is 44.3 Å². The van der Waals surface area contributed by atoms with Gasteiger partial charge in [0.25, 0.3) is 11.5 Å². The van der Waals surface area contributed by atoms with Gasteiger partial charge in [0.05, 0.1) is 25.5 Å². The van der Waals surface area contributed by atoms with Gasteiger partial charge in [0.15, 0.2) is 5.76 Å². The molecule has 0 spiro atoms. The molecule has 2 atom stereocenters. The van der Waals surface area contributed by atoms with Crippen molar-refractivity contribution in [2.45, 2.75) is 38.8 Å². The van der Waals surface area contributed by atoms with E-state index in [2.05, 4.69) is 5.32 Å². The highest BCUT2D eigenvalue weighted by atomic mass is 16.7. The second-order valence-corrected chi connectivity index (χ2v) is 8.93. The van der Waals surface area contributed by atoms with Crippen LogP contribution in [0, 0.1) is 6.92 Å². The highest BCUT2D eigenvalue weighted by Gasteiger charge is 2.33. The lowest BCUT2D eigenvalue weighted by Gasteiger charge is -2.29. The molecule has 0 bridgehead atoms. The van der Waals surface area contributed by atoms with Gasteiger partial charge in [-0.2, -0.15) is 0 Å². The number of aliphatic hydroxyl groups is 1. The van der Waals surface area contributed by atoms with Gasteiger partial charge in [-0.1, -0.05) is 42.5 Å². The number of hydrogen-bond acceptors (Lipinski definition) is 6. The predicted octanol–water partition coefficient (Wildman–Crippen LogP) is 2.67. The number of rotatable bonds is 10. The van der Waals surface area contributed by atoms with E-state index >= 15 is 0 Å². The Labute approximate surface area is 215 Å². The van der Waals surface area contributed by atoms with Crippen LogP contribution in [0.1, 0.15) is 34.7 Å². The number of nitrogens with one attached hydrogen (secondary N) is 1. The van der Waals surface area contributed by atoms with Crippen LogP contribution in [-0.4, -0.2) is 46.9 Å². The largest absolute Gasteiger partial charge is 0.459 e. The van der Waals surface area contributed by atoms with Crippen molar-refractivity contribution in [1.29, 1.82) is 0 Å². The number of hydrogen-bond donors (Lipinski definition) is 2. The van der Waals surface area contributed by atoms with Gasteiger partial charge in [-0.05, 0) is 36.3 Å². The van der Waals surface area contributed by atoms with Crippen LogP contribution in [0.25, 0.3) is 5.69 Å². The lowest BCUT2D eigenvalue weighted by molar-refractivity contribution is -0.150. The van der Waals surface area contributed by atoms with Crippen molar-refractivity contribution in [3.05, 3.63) is 99.2 Å². The monoisotopic (exact) mass is 507 g/mol. The lowest BCUT2D eigenvalue weighted by atomic mass is 9.93. The molecule has 0 unspecified atom stereocenters. The van der Waals surface area contributed by atoms with Crippen LogP contribution >= 0.6 is 0 Å². The summed E-state index contributed by atoms with van der Waals surface area (Å²) in [6, 6.07) is 16.9. The molecule has 2 aromatic carbocycles. The molecule has 4 rings (SSSR count). The van der Waals surface area contributed by atoms with Crippen LogP contribution in [0.15, 0.2) is 71.2 Å². The van der Waals surface area contributed by atoms with Crippen LogP contribution in [0.3, 0.4) is 0 Å². The van der Waals surface area contributed by atoms with Crippen LogP contribution in [0.2, 0.25) is 0 Å². The van der Waals surface area contributed by atoms with E-state index in [0.717, 1.165) is 22.5 Å². The molecular formula is C28H33N3O6. The van der Waals surface area contributed by atoms with Gasteiger partial charge in [0.2, 0.25) is 6.29 Å². The van der Waals surface area contributed by atoms with E-state index in [-0.39, 0.29) is 36.4 Å². The quantitative estimate of drug-likeness (QED) is 0.409. The number of aliphatic hydroxyl groups excluding tert-OH is 1. The van der Waals surface area contributed by atoms with Gasteiger partial charge >= 0.3 is 0 Å². The second-order valence-electron chi connectivity index (χ2n) is 8.93. The Kier molecular flexibility index (Phi) is 8.60. The molecule has 0 aliphatic carbocycles. The molecule has 196 valence electrons. The van der Waals surface area contributed by atoms with Crippen molar-refractivity contribution in [1.82, 2.24) is 14.7 Å². The molecule has 0 fully saturated rings. The van der Waals surface area contributed by atoms with Crippen molar-refractivity contribution in [2.75, 3.05) is 20.3 Å². The fourth-order valence-electron chi connectivity index (χ4n) is 4.42. The Morgan fingerprint density at radius 3 is 2.51 bits per heavy atom. The Hall–Kier alpha value is -3.66. The number of amides is 1. The van der Waals surface area contributed by atoms with Crippen molar-refractivity contribution in [3.8, 4) is 5.69 Å². The van der Waals surface area contributed by atoms with Crippen molar-refractivity contribution in [3.63, 3.8) is 0 Å². The summed E-state index contributed by atoms with van der Waals surface area (Å²) in [5.74, 6) is -0.663. The summed E-state index contributed by atoms with van der Waals surface area (Å²) < 4.78 is 20.5. The molecule has 37 heavy (non-hydrogen) atoms. The number of para-hydroxylation sites is 1. The SMILES string of the molecule is COCCNC(=O)C1=C[C@H](c2c(C)n(C)n(-c3ccccc3)c2=O)C[C@H](OCc2ccc(CO)cc2)O1. The molecule has 1 aliphatic rings. The topological polar surface area (TPSA) is 104 Å². The molecule has 3 aromatic rings. The van der Waals surface area contributed by atoms with Crippen LogP contribution in [-0.2, 0) is 39.3 Å². The van der Waals surface area contributed by atoms with Gasteiger partial charge < -0.3 is 24.6 Å². The molecule has 0 saturated carbocycles. The molecule has 0 saturated heterocycles. The fourth-order valence-corrected chi connectivity index (χ4v) is 4.42. The number of carbonyl (C=O) groups is 1. The number of ether oxygens (including phenoxy) is 3. The third-order valence-corrected chi connectivity index (χ3v) is 6.48. The fraction of sp³-hybridized carbons (Fsp3) is 0.357. The summed E-state index contributed by atoms with van der Waals surface area (Å²) in [6.45, 7) is 2.82. The average Bonchev–Trinajstić information content (AvgIpc) is 3.15. The molecule has 1 aromatic heterocycles. The summed E-state index contributed by atoms with van der Waals surface area (Å²) >= 11 is 0. The molecule has 2 N–H and O–H groups in total. The van der Waals surface area contributed by atoms with E-state index in [9.17, 15) is 14.7 Å². The van der Waals surface area contributed by atoms with Crippen molar-refractivity contribution in [2.24, 2.45) is 7.05 Å². The Balaban J connectivity index is 1.63. The lowest BCUT2D eigenvalue weighted by Crippen LogP contribution is -2.35. The average molecular weight is 508 g/mol. The normalized spacial score (nSPS) is 17.2. The van der Waals surface area contributed by atoms with E-state index in [4.69, 9.17) is 14.2 Å². The second kappa shape index (κ2) is 12.1. The first-order valence-corrected chi connectivity index (χ1v) is 12.2. The third kappa shape index (κ3) is 6.02. The minimum absolute atomic E-state index is 0.0299. The number of benzene rings is 2. The first-order chi connectivity index (χ1) is 17.9. The van der Waals surface area contributed by atoms with Gasteiger partial charge in [0.1, 0.15) is 0 Å². The number of methoxy groups -OCH3 is 1. The molecule has 1 amide bonds. The molecule has 9 nitrogen and oxygen atoms in total. The van der Waals surface area contributed by atoms with Crippen molar-refractivity contribution >= 4 is 5.91 Å². The smallest absolute Gasteiger partial charge is 0.286 e. The predicted molar refractivity (Wildman–Crippen MR) is 138 cm³/mol. The molecular weight excluding hydrogens is 474 g/mol. The van der Waals surface area contributed by atoms with E-state index in [0.29, 0.717) is 25.1 Å². The van der Waals surface area contributed by atoms with E-state index in [1.807, 2.05) is 73.3 Å². The van der Waals surface area contributed by atoms with E-state index in [1.54, 1.807) is 17.9 Å². The summed E-state index contributed by atoms with van der Waals surface area (Å²) in [7, 11) is 3.41. The summed E-state index contributed by atoms with van der Waals surface area (Å²) in [5.41, 5.74) is 3.72. The highest BCUT2D eigenvalue weighted by Crippen LogP contribution is 2.32. The minimum atomic E-state index is -0.736. The van der Waals surface area contributed by atoms with Crippen molar-refractivity contribution < 1.29 is 24.1 Å². The van der Waals surface area contributed by atoms with Crippen LogP contribution in [0.5, 0.6) is 0 Å². The zero-order chi connectivity index (χ0) is 26.4. The van der Waals surface area contributed by atoms with E-state index < -0.39 is 6.29 Å². The van der Waals surface area contributed by atoms with Crippen LogP contribution in [0.4, 0.5) is 0 Å². The molecule has 1 aliphatic heterocycles. The minimum Gasteiger partial charge on any atom is -0.459 e. The molecule has 2 heterocycles. The Morgan fingerprint density at radius 2 is 1.84 bits per heavy atom. The zero-order valence-electron chi connectivity index (χ0n) is 21.3. The molecule has 0 radical (unpaired) electrons. The molecule has 9 heteroatoms. The number of carbonyl (C=O) groups excluding carboxylic acids is 1. The Morgan fingerprint density at radius 1 is 1.14 bits per heavy atom. The number of aromatic nitrogens is 2. The summed E-state index contributed by atoms with van der Waals surface area (Å²) in [5, 5.41) is 12.0. The number of nitrogens with zero attached hydrogens (tertiary/aromatic N) is 2.